The Morgan fingerprint density at radius 1 is 0.360 bits per heavy atom. The van der Waals surface area contributed by atoms with Crippen molar-refractivity contribution in [3.05, 3.63) is 232 Å². The van der Waals surface area contributed by atoms with Crippen LogP contribution in [-0.2, 0) is 16.2 Å². The Bertz CT molecular complexity index is 4450. The average molecular weight is 968 g/mol. The first-order chi connectivity index (χ1) is 36.2. The van der Waals surface area contributed by atoms with Crippen molar-refractivity contribution in [2.24, 2.45) is 0 Å². The molecule has 0 bridgehead atoms. The van der Waals surface area contributed by atoms with Crippen LogP contribution in [0.25, 0.3) is 99.5 Å². The van der Waals surface area contributed by atoms with Crippen LogP contribution < -0.4 is 4.90 Å². The van der Waals surface area contributed by atoms with Crippen molar-refractivity contribution in [3.8, 4) is 55.6 Å². The molecular formula is C72H57NO2. The maximum Gasteiger partial charge on any atom is 0.144 e. The molecule has 0 saturated carbocycles. The highest BCUT2D eigenvalue weighted by molar-refractivity contribution is 6.21. The number of hydrogen-bond acceptors (Lipinski definition) is 3. The summed E-state index contributed by atoms with van der Waals surface area (Å²) in [6.07, 6.45) is 0. The number of rotatable bonds is 5. The monoisotopic (exact) mass is 967 g/mol. The summed E-state index contributed by atoms with van der Waals surface area (Å²) in [7, 11) is 0. The van der Waals surface area contributed by atoms with E-state index in [9.17, 15) is 0 Å². The van der Waals surface area contributed by atoms with Crippen LogP contribution in [0.4, 0.5) is 17.1 Å². The molecule has 12 aromatic rings. The van der Waals surface area contributed by atoms with Crippen molar-refractivity contribution in [2.75, 3.05) is 4.90 Å². The Morgan fingerprint density at radius 2 is 0.880 bits per heavy atom. The lowest BCUT2D eigenvalue weighted by Gasteiger charge is -2.33. The van der Waals surface area contributed by atoms with Gasteiger partial charge in [-0.05, 0) is 158 Å². The van der Waals surface area contributed by atoms with Gasteiger partial charge in [-0.3, -0.25) is 0 Å². The lowest BCUT2D eigenvalue weighted by molar-refractivity contribution is 0.600. The van der Waals surface area contributed by atoms with Crippen LogP contribution in [0.5, 0.6) is 0 Å². The van der Waals surface area contributed by atoms with Gasteiger partial charge >= 0.3 is 0 Å². The number of aryl methyl sites for hydroxylation is 3. The molecule has 2 aromatic heterocycles. The summed E-state index contributed by atoms with van der Waals surface area (Å²) >= 11 is 0. The first-order valence-corrected chi connectivity index (χ1v) is 26.7. The molecule has 3 nitrogen and oxygen atoms in total. The van der Waals surface area contributed by atoms with Crippen molar-refractivity contribution >= 4 is 60.9 Å². The summed E-state index contributed by atoms with van der Waals surface area (Å²) < 4.78 is 14.0. The quantitative estimate of drug-likeness (QED) is 0.172. The molecule has 3 aliphatic carbocycles. The zero-order valence-corrected chi connectivity index (χ0v) is 44.1. The standard InChI is InChI=1S/C72H57NO2/c1-40-34-41(2)67(42(3)35-40)73(47-31-33-50-56(38-47)72(8,9)65-61(50)63-52-26-15-18-29-59(52)75-69(63)64-48-24-13-16-27-54(48)71(6,7)66(64)65)46-30-32-49-55(37-46)70(4,5)57-39-53(45-23-19-22-44(36-45)43-20-11-10-12-21-43)68-62(60(49)57)51-25-14-17-28-58(51)74-68/h10-39H,1-9H3. The number of furan rings is 2. The summed E-state index contributed by atoms with van der Waals surface area (Å²) in [4.78, 5) is 2.55. The van der Waals surface area contributed by atoms with Gasteiger partial charge in [-0.15, -0.1) is 0 Å². The predicted molar refractivity (Wildman–Crippen MR) is 313 cm³/mol. The molecule has 15 rings (SSSR count). The van der Waals surface area contributed by atoms with Crippen molar-refractivity contribution in [1.29, 1.82) is 0 Å². The lowest BCUT2D eigenvalue weighted by atomic mass is 9.72. The summed E-state index contributed by atoms with van der Waals surface area (Å²) in [6.45, 7) is 21.4. The largest absolute Gasteiger partial charge is 0.455 e. The molecule has 3 heteroatoms. The second-order valence-electron chi connectivity index (χ2n) is 23.4. The van der Waals surface area contributed by atoms with Crippen LogP contribution in [0, 0.1) is 20.8 Å². The van der Waals surface area contributed by atoms with Gasteiger partial charge in [0, 0.05) is 60.3 Å². The molecule has 0 spiro atoms. The van der Waals surface area contributed by atoms with E-state index in [1.165, 1.54) is 116 Å². The van der Waals surface area contributed by atoms with E-state index >= 15 is 0 Å². The van der Waals surface area contributed by atoms with Gasteiger partial charge in [0.25, 0.3) is 0 Å². The van der Waals surface area contributed by atoms with Crippen LogP contribution in [0.15, 0.2) is 191 Å². The van der Waals surface area contributed by atoms with Gasteiger partial charge in [0.1, 0.15) is 22.3 Å². The normalized spacial score (nSPS) is 15.1. The molecule has 0 fully saturated rings. The SMILES string of the molecule is Cc1cc(C)c(N(c2ccc3c(c2)C(C)(C)c2cc(-c4cccc(-c5ccccc5)c4)c4oc5ccccc5c4c2-3)c2ccc3c(c2)C(C)(C)c2c4c(c5oc6ccccc6c5c2-3)-c2ccccc2C4(C)C)c(C)c1. The van der Waals surface area contributed by atoms with Gasteiger partial charge in [0.05, 0.1) is 5.69 Å². The van der Waals surface area contributed by atoms with Gasteiger partial charge in [0.2, 0.25) is 0 Å². The van der Waals surface area contributed by atoms with E-state index in [1.54, 1.807) is 0 Å². The van der Waals surface area contributed by atoms with Crippen molar-refractivity contribution < 1.29 is 8.83 Å². The van der Waals surface area contributed by atoms with E-state index in [4.69, 9.17) is 8.83 Å². The van der Waals surface area contributed by atoms with Gasteiger partial charge in [-0.25, -0.2) is 0 Å². The van der Waals surface area contributed by atoms with Crippen molar-refractivity contribution in [2.45, 2.75) is 78.6 Å². The minimum atomic E-state index is -0.340. The van der Waals surface area contributed by atoms with Gasteiger partial charge in [0.15, 0.2) is 0 Å². The zero-order chi connectivity index (χ0) is 51.0. The Balaban J connectivity index is 0.944. The van der Waals surface area contributed by atoms with E-state index in [-0.39, 0.29) is 16.2 Å². The number of fused-ring (bicyclic) bond motifs is 19. The van der Waals surface area contributed by atoms with Gasteiger partial charge < -0.3 is 13.7 Å². The topological polar surface area (TPSA) is 29.5 Å². The fourth-order valence-corrected chi connectivity index (χ4v) is 14.5. The molecule has 362 valence electrons. The molecule has 0 saturated heterocycles. The Hall–Kier alpha value is -8.40. The van der Waals surface area contributed by atoms with Crippen LogP contribution in [0.1, 0.15) is 91.6 Å². The van der Waals surface area contributed by atoms with Crippen molar-refractivity contribution in [1.82, 2.24) is 0 Å². The van der Waals surface area contributed by atoms with Crippen LogP contribution in [0.2, 0.25) is 0 Å². The fraction of sp³-hybridized carbons (Fsp3) is 0.167. The lowest BCUT2D eigenvalue weighted by Crippen LogP contribution is -2.24. The molecular weight excluding hydrogens is 911 g/mol. The number of hydrogen-bond donors (Lipinski definition) is 0. The number of anilines is 3. The molecule has 2 heterocycles. The minimum absolute atomic E-state index is 0.233. The predicted octanol–water partition coefficient (Wildman–Crippen LogP) is 20.1. The second-order valence-corrected chi connectivity index (χ2v) is 23.4. The van der Waals surface area contributed by atoms with E-state index in [2.05, 4.69) is 249 Å². The molecule has 75 heavy (non-hydrogen) atoms. The third kappa shape index (κ3) is 5.87. The van der Waals surface area contributed by atoms with Crippen molar-refractivity contribution in [3.63, 3.8) is 0 Å². The van der Waals surface area contributed by atoms with Crippen LogP contribution in [-0.4, -0.2) is 0 Å². The van der Waals surface area contributed by atoms with E-state index in [0.29, 0.717) is 0 Å². The van der Waals surface area contributed by atoms with E-state index < -0.39 is 0 Å². The molecule has 3 aliphatic rings. The number of para-hydroxylation sites is 2. The number of benzene rings is 10. The molecule has 0 atom stereocenters. The molecule has 0 N–H and O–H groups in total. The first kappa shape index (κ1) is 44.1. The third-order valence-electron chi connectivity index (χ3n) is 17.8. The van der Waals surface area contributed by atoms with Crippen LogP contribution >= 0.6 is 0 Å². The van der Waals surface area contributed by atoms with Crippen LogP contribution in [0.3, 0.4) is 0 Å². The molecule has 0 amide bonds. The fourth-order valence-electron chi connectivity index (χ4n) is 14.5. The molecule has 10 aromatic carbocycles. The Labute approximate surface area is 438 Å². The summed E-state index contributed by atoms with van der Waals surface area (Å²) in [5.41, 5.74) is 30.6. The average Bonchev–Trinajstić information content (AvgIpc) is 4.32. The van der Waals surface area contributed by atoms with E-state index in [0.717, 1.165) is 50.2 Å². The highest BCUT2D eigenvalue weighted by atomic mass is 16.3. The smallest absolute Gasteiger partial charge is 0.144 e. The molecule has 0 unspecified atom stereocenters. The highest BCUT2D eigenvalue weighted by Gasteiger charge is 2.49. The summed E-state index contributed by atoms with van der Waals surface area (Å²) in [6, 6.07) is 67.6. The summed E-state index contributed by atoms with van der Waals surface area (Å²) in [5, 5.41) is 4.72. The zero-order valence-electron chi connectivity index (χ0n) is 44.1. The third-order valence-corrected chi connectivity index (χ3v) is 17.8. The molecule has 0 radical (unpaired) electrons. The molecule has 0 aliphatic heterocycles. The first-order valence-electron chi connectivity index (χ1n) is 26.7. The van der Waals surface area contributed by atoms with Gasteiger partial charge in [-0.1, -0.05) is 181 Å². The number of nitrogens with zero attached hydrogens (tertiary/aromatic N) is 1. The Kier molecular flexibility index (Phi) is 8.89. The van der Waals surface area contributed by atoms with E-state index in [1.807, 2.05) is 0 Å². The summed E-state index contributed by atoms with van der Waals surface area (Å²) in [5.74, 6) is 0. The second kappa shape index (κ2) is 15.1. The highest BCUT2D eigenvalue weighted by Crippen LogP contribution is 2.64. The minimum Gasteiger partial charge on any atom is -0.455 e. The maximum atomic E-state index is 7.02. The maximum absolute atomic E-state index is 7.02. The van der Waals surface area contributed by atoms with Gasteiger partial charge in [-0.2, -0.15) is 0 Å². The Morgan fingerprint density at radius 3 is 1.57 bits per heavy atom.